The van der Waals surface area contributed by atoms with Crippen molar-refractivity contribution in [2.75, 3.05) is 37.7 Å². The fourth-order valence-electron chi connectivity index (χ4n) is 2.49. The van der Waals surface area contributed by atoms with Crippen LogP contribution in [-0.4, -0.2) is 48.7 Å². The molecule has 0 aromatic carbocycles. The number of nitrogens with one attached hydrogen (secondary N) is 1. The second-order valence-corrected chi connectivity index (χ2v) is 5.21. The Morgan fingerprint density at radius 2 is 2.18 bits per heavy atom. The van der Waals surface area contributed by atoms with Crippen LogP contribution < -0.4 is 10.2 Å². The number of nitriles is 1. The molecule has 1 saturated heterocycles. The third-order valence-corrected chi connectivity index (χ3v) is 3.72. The molecule has 0 bridgehead atoms. The summed E-state index contributed by atoms with van der Waals surface area (Å²) in [6, 6.07) is 2.08. The summed E-state index contributed by atoms with van der Waals surface area (Å²) in [5.74, 6) is 1.04. The topological polar surface area (TPSA) is 91.1 Å². The van der Waals surface area contributed by atoms with Gasteiger partial charge in [0.25, 0.3) is 0 Å². The van der Waals surface area contributed by atoms with Crippen LogP contribution in [0.2, 0.25) is 0 Å². The number of aromatic nitrogens is 2. The van der Waals surface area contributed by atoms with Gasteiger partial charge in [-0.2, -0.15) is 5.26 Å². The summed E-state index contributed by atoms with van der Waals surface area (Å²) in [4.78, 5) is 21.9. The molecule has 0 saturated carbocycles. The van der Waals surface area contributed by atoms with Crippen LogP contribution in [0.15, 0.2) is 12.4 Å². The Hall–Kier alpha value is -2.20. The Balaban J connectivity index is 1.78. The zero-order valence-corrected chi connectivity index (χ0v) is 12.8. The molecule has 7 nitrogen and oxygen atoms in total. The third kappa shape index (κ3) is 4.40. The first-order chi connectivity index (χ1) is 10.7. The molecular weight excluding hydrogens is 282 g/mol. The van der Waals surface area contributed by atoms with Gasteiger partial charge in [-0.15, -0.1) is 0 Å². The zero-order chi connectivity index (χ0) is 15.8. The second-order valence-electron chi connectivity index (χ2n) is 5.21. The van der Waals surface area contributed by atoms with E-state index in [-0.39, 0.29) is 12.5 Å². The Labute approximate surface area is 130 Å². The average molecular weight is 303 g/mol. The highest BCUT2D eigenvalue weighted by molar-refractivity contribution is 5.77. The van der Waals surface area contributed by atoms with Crippen molar-refractivity contribution >= 4 is 11.7 Å². The number of anilines is 1. The van der Waals surface area contributed by atoms with Crippen molar-refractivity contribution < 1.29 is 9.53 Å². The van der Waals surface area contributed by atoms with Crippen molar-refractivity contribution in [2.24, 2.45) is 5.92 Å². The zero-order valence-electron chi connectivity index (χ0n) is 12.8. The van der Waals surface area contributed by atoms with E-state index in [9.17, 15) is 4.79 Å². The maximum atomic E-state index is 11.5. The highest BCUT2D eigenvalue weighted by Gasteiger charge is 2.22. The summed E-state index contributed by atoms with van der Waals surface area (Å²) in [7, 11) is 0. The van der Waals surface area contributed by atoms with Crippen LogP contribution in [0.5, 0.6) is 0 Å². The van der Waals surface area contributed by atoms with Gasteiger partial charge in [-0.3, -0.25) is 4.79 Å². The van der Waals surface area contributed by atoms with Gasteiger partial charge in [-0.05, 0) is 25.7 Å². The highest BCUT2D eigenvalue weighted by Crippen LogP contribution is 2.22. The lowest BCUT2D eigenvalue weighted by atomic mass is 9.96. The van der Waals surface area contributed by atoms with Gasteiger partial charge in [-0.1, -0.05) is 0 Å². The molecule has 0 atom stereocenters. The van der Waals surface area contributed by atoms with Crippen LogP contribution in [0.1, 0.15) is 25.5 Å². The van der Waals surface area contributed by atoms with E-state index in [1.807, 2.05) is 6.92 Å². The van der Waals surface area contributed by atoms with E-state index < -0.39 is 0 Å². The molecule has 0 radical (unpaired) electrons. The van der Waals surface area contributed by atoms with Crippen molar-refractivity contribution in [1.29, 1.82) is 5.26 Å². The molecule has 1 fully saturated rings. The molecule has 1 N–H and O–H groups in total. The number of hydrogen-bond acceptors (Lipinski definition) is 6. The van der Waals surface area contributed by atoms with Gasteiger partial charge in [-0.25, -0.2) is 9.97 Å². The van der Waals surface area contributed by atoms with E-state index >= 15 is 0 Å². The summed E-state index contributed by atoms with van der Waals surface area (Å²) < 4.78 is 5.07. The number of rotatable bonds is 6. The number of carbonyl (C=O) groups is 1. The van der Waals surface area contributed by atoms with Gasteiger partial charge in [0.1, 0.15) is 12.7 Å². The second kappa shape index (κ2) is 8.29. The van der Waals surface area contributed by atoms with Crippen molar-refractivity contribution in [3.8, 4) is 6.07 Å². The molecular formula is C15H21N5O2. The molecule has 0 spiro atoms. The quantitative estimate of drug-likeness (QED) is 0.832. The molecule has 2 rings (SSSR count). The lowest BCUT2D eigenvalue weighted by molar-refractivity contribution is -0.125. The lowest BCUT2D eigenvalue weighted by Gasteiger charge is -2.32. The molecule has 1 aromatic heterocycles. The van der Waals surface area contributed by atoms with Gasteiger partial charge in [0, 0.05) is 38.6 Å². The van der Waals surface area contributed by atoms with Crippen LogP contribution in [-0.2, 0) is 9.53 Å². The normalized spacial score (nSPS) is 15.4. The molecule has 0 unspecified atom stereocenters. The van der Waals surface area contributed by atoms with Crippen LogP contribution in [0.3, 0.4) is 0 Å². The first kappa shape index (κ1) is 16.2. The minimum absolute atomic E-state index is 0.0648. The first-order valence-electron chi connectivity index (χ1n) is 7.55. The molecule has 7 heteroatoms. The molecule has 22 heavy (non-hydrogen) atoms. The van der Waals surface area contributed by atoms with Crippen molar-refractivity contribution in [3.63, 3.8) is 0 Å². The molecule has 1 amide bonds. The van der Waals surface area contributed by atoms with Crippen LogP contribution in [0, 0.1) is 17.2 Å². The molecule has 1 aliphatic rings. The third-order valence-electron chi connectivity index (χ3n) is 3.72. The molecule has 2 heterocycles. The maximum absolute atomic E-state index is 11.5. The van der Waals surface area contributed by atoms with Crippen LogP contribution in [0.25, 0.3) is 0 Å². The summed E-state index contributed by atoms with van der Waals surface area (Å²) in [6.07, 6.45) is 5.05. The first-order valence-corrected chi connectivity index (χ1v) is 7.55. The lowest BCUT2D eigenvalue weighted by Crippen LogP contribution is -2.40. The van der Waals surface area contributed by atoms with Gasteiger partial charge in [0.15, 0.2) is 11.5 Å². The fourth-order valence-corrected chi connectivity index (χ4v) is 2.49. The van der Waals surface area contributed by atoms with E-state index in [1.165, 1.54) is 6.20 Å². The summed E-state index contributed by atoms with van der Waals surface area (Å²) in [5.41, 5.74) is 0.367. The average Bonchev–Trinajstić information content (AvgIpc) is 2.58. The number of nitrogens with zero attached hydrogens (tertiary/aromatic N) is 4. The highest BCUT2D eigenvalue weighted by atomic mass is 16.5. The number of hydrogen-bond donors (Lipinski definition) is 1. The standard InChI is InChI=1S/C15H21N5O2/c1-2-22-11-14(21)19-10-12-3-7-20(8-4-12)15-13(9-16)17-5-6-18-15/h5-6,12H,2-4,7-8,10-11H2,1H3,(H,19,21). The van der Waals surface area contributed by atoms with Crippen molar-refractivity contribution in [2.45, 2.75) is 19.8 Å². The number of carbonyl (C=O) groups excluding carboxylic acids is 1. The van der Waals surface area contributed by atoms with E-state index in [0.717, 1.165) is 25.9 Å². The van der Waals surface area contributed by atoms with Crippen molar-refractivity contribution in [3.05, 3.63) is 18.1 Å². The Morgan fingerprint density at radius 3 is 2.86 bits per heavy atom. The number of ether oxygens (including phenoxy) is 1. The van der Waals surface area contributed by atoms with Gasteiger partial charge < -0.3 is 15.0 Å². The van der Waals surface area contributed by atoms with Crippen LogP contribution in [0.4, 0.5) is 5.82 Å². The molecule has 1 aromatic rings. The maximum Gasteiger partial charge on any atom is 0.246 e. The predicted molar refractivity (Wildman–Crippen MR) is 81.2 cm³/mol. The van der Waals surface area contributed by atoms with Gasteiger partial charge in [0.2, 0.25) is 5.91 Å². The largest absolute Gasteiger partial charge is 0.372 e. The number of amides is 1. The minimum Gasteiger partial charge on any atom is -0.372 e. The Morgan fingerprint density at radius 1 is 1.45 bits per heavy atom. The SMILES string of the molecule is CCOCC(=O)NCC1CCN(c2nccnc2C#N)CC1. The Bertz CT molecular complexity index is 535. The van der Waals surface area contributed by atoms with Gasteiger partial charge in [0.05, 0.1) is 0 Å². The van der Waals surface area contributed by atoms with E-state index in [2.05, 4.69) is 26.3 Å². The van der Waals surface area contributed by atoms with E-state index in [1.54, 1.807) is 6.20 Å². The molecule has 118 valence electrons. The summed E-state index contributed by atoms with van der Waals surface area (Å²) in [5, 5.41) is 12.0. The Kier molecular flexibility index (Phi) is 6.10. The smallest absolute Gasteiger partial charge is 0.246 e. The fraction of sp³-hybridized carbons (Fsp3) is 0.600. The summed E-state index contributed by atoms with van der Waals surface area (Å²) >= 11 is 0. The summed E-state index contributed by atoms with van der Waals surface area (Å²) in [6.45, 7) is 4.85. The molecule has 1 aliphatic heterocycles. The minimum atomic E-state index is -0.0648. The van der Waals surface area contributed by atoms with E-state index in [0.29, 0.717) is 30.6 Å². The predicted octanol–water partition coefficient (Wildman–Crippen LogP) is 0.717. The monoisotopic (exact) mass is 303 g/mol. The van der Waals surface area contributed by atoms with Crippen molar-refractivity contribution in [1.82, 2.24) is 15.3 Å². The number of piperidine rings is 1. The molecule has 0 aliphatic carbocycles. The van der Waals surface area contributed by atoms with Crippen LogP contribution >= 0.6 is 0 Å². The van der Waals surface area contributed by atoms with E-state index in [4.69, 9.17) is 10.00 Å². The van der Waals surface area contributed by atoms with Gasteiger partial charge >= 0.3 is 0 Å².